The van der Waals surface area contributed by atoms with E-state index in [-0.39, 0.29) is 24.0 Å². The Hall–Kier alpha value is -1.02. The summed E-state index contributed by atoms with van der Waals surface area (Å²) in [4.78, 5) is 12.1. The van der Waals surface area contributed by atoms with E-state index in [4.69, 9.17) is 0 Å². The van der Waals surface area contributed by atoms with E-state index in [0.29, 0.717) is 5.41 Å². The molecule has 1 spiro atoms. The molecule has 0 bridgehead atoms. The molecule has 3 aliphatic rings. The second-order valence-electron chi connectivity index (χ2n) is 8.52. The van der Waals surface area contributed by atoms with Crippen LogP contribution in [0.3, 0.4) is 0 Å². The van der Waals surface area contributed by atoms with E-state index in [9.17, 15) is 0 Å². The summed E-state index contributed by atoms with van der Waals surface area (Å²) < 4.78 is 0. The number of para-hydroxylation sites is 1. The summed E-state index contributed by atoms with van der Waals surface area (Å²) in [6.07, 6.45) is 6.82. The van der Waals surface area contributed by atoms with Crippen molar-refractivity contribution in [3.63, 3.8) is 0 Å². The SMILES string of the molecule is CN=C(NCCCN1CCN(c2ccccc2)CC1)N1CCC2(CCC2)C1.I. The topological polar surface area (TPSA) is 34.1 Å². The zero-order chi connectivity index (χ0) is 18.5. The van der Waals surface area contributed by atoms with Crippen LogP contribution in [0.25, 0.3) is 0 Å². The fourth-order valence-corrected chi connectivity index (χ4v) is 4.90. The molecule has 4 rings (SSSR count). The molecule has 2 saturated heterocycles. The Bertz CT molecular complexity index is 623. The number of benzene rings is 1. The average molecular weight is 497 g/mol. The maximum Gasteiger partial charge on any atom is 0.193 e. The van der Waals surface area contributed by atoms with Gasteiger partial charge in [0.25, 0.3) is 0 Å². The fraction of sp³-hybridized carbons (Fsp3) is 0.682. The number of aliphatic imine (C=N–C) groups is 1. The van der Waals surface area contributed by atoms with Gasteiger partial charge >= 0.3 is 0 Å². The number of nitrogens with zero attached hydrogens (tertiary/aromatic N) is 4. The van der Waals surface area contributed by atoms with Crippen LogP contribution in [-0.2, 0) is 0 Å². The minimum absolute atomic E-state index is 0. The molecular weight excluding hydrogens is 461 g/mol. The molecule has 1 aromatic carbocycles. The molecule has 1 N–H and O–H groups in total. The summed E-state index contributed by atoms with van der Waals surface area (Å²) in [6.45, 7) is 9.20. The molecule has 1 saturated carbocycles. The number of rotatable bonds is 5. The zero-order valence-corrected chi connectivity index (χ0v) is 19.6. The van der Waals surface area contributed by atoms with E-state index >= 15 is 0 Å². The van der Waals surface area contributed by atoms with E-state index in [0.717, 1.165) is 38.7 Å². The molecule has 1 aliphatic carbocycles. The molecule has 0 unspecified atom stereocenters. The van der Waals surface area contributed by atoms with Gasteiger partial charge in [-0.25, -0.2) is 0 Å². The first-order chi connectivity index (χ1) is 13.3. The highest BCUT2D eigenvalue weighted by Crippen LogP contribution is 2.47. The lowest BCUT2D eigenvalue weighted by atomic mass is 9.68. The number of halogens is 1. The van der Waals surface area contributed by atoms with Crippen molar-refractivity contribution in [1.29, 1.82) is 0 Å². The second kappa shape index (κ2) is 10.1. The average Bonchev–Trinajstić information content (AvgIpc) is 3.15. The molecule has 6 heteroatoms. The highest BCUT2D eigenvalue weighted by atomic mass is 127. The normalized spacial score (nSPS) is 22.1. The van der Waals surface area contributed by atoms with Crippen LogP contribution >= 0.6 is 24.0 Å². The van der Waals surface area contributed by atoms with Crippen molar-refractivity contribution in [3.05, 3.63) is 30.3 Å². The van der Waals surface area contributed by atoms with E-state index in [1.807, 2.05) is 7.05 Å². The molecule has 0 amide bonds. The summed E-state index contributed by atoms with van der Waals surface area (Å²) in [7, 11) is 1.93. The van der Waals surface area contributed by atoms with Crippen molar-refractivity contribution < 1.29 is 0 Å². The van der Waals surface area contributed by atoms with Crippen molar-refractivity contribution >= 4 is 35.6 Å². The molecule has 0 radical (unpaired) electrons. The highest BCUT2D eigenvalue weighted by molar-refractivity contribution is 14.0. The Balaban J connectivity index is 0.00000225. The van der Waals surface area contributed by atoms with Gasteiger partial charge < -0.3 is 15.1 Å². The minimum Gasteiger partial charge on any atom is -0.369 e. The summed E-state index contributed by atoms with van der Waals surface area (Å²) >= 11 is 0. The monoisotopic (exact) mass is 497 g/mol. The predicted molar refractivity (Wildman–Crippen MR) is 129 cm³/mol. The van der Waals surface area contributed by atoms with Crippen molar-refractivity contribution in [2.75, 3.05) is 64.3 Å². The van der Waals surface area contributed by atoms with E-state index in [1.165, 1.54) is 57.4 Å². The summed E-state index contributed by atoms with van der Waals surface area (Å²) in [5, 5.41) is 3.61. The van der Waals surface area contributed by atoms with Crippen LogP contribution in [0.15, 0.2) is 35.3 Å². The largest absolute Gasteiger partial charge is 0.369 e. The van der Waals surface area contributed by atoms with Crippen LogP contribution < -0.4 is 10.2 Å². The van der Waals surface area contributed by atoms with Crippen LogP contribution in [0.4, 0.5) is 5.69 Å². The molecular formula is C22H36IN5. The van der Waals surface area contributed by atoms with Gasteiger partial charge in [0.05, 0.1) is 0 Å². The van der Waals surface area contributed by atoms with E-state index in [2.05, 4.69) is 55.3 Å². The molecule has 1 aromatic rings. The van der Waals surface area contributed by atoms with E-state index in [1.54, 1.807) is 0 Å². The molecule has 5 nitrogen and oxygen atoms in total. The van der Waals surface area contributed by atoms with E-state index < -0.39 is 0 Å². The number of piperazine rings is 1. The van der Waals surface area contributed by atoms with Gasteiger partial charge in [0, 0.05) is 58.5 Å². The van der Waals surface area contributed by atoms with Gasteiger partial charge in [-0.2, -0.15) is 0 Å². The van der Waals surface area contributed by atoms with Gasteiger partial charge in [-0.05, 0) is 49.8 Å². The van der Waals surface area contributed by atoms with Crippen molar-refractivity contribution in [2.24, 2.45) is 10.4 Å². The van der Waals surface area contributed by atoms with Crippen molar-refractivity contribution in [1.82, 2.24) is 15.1 Å². The number of guanidine groups is 1. The van der Waals surface area contributed by atoms with Gasteiger partial charge in [0.1, 0.15) is 0 Å². The van der Waals surface area contributed by atoms with Crippen LogP contribution in [0.2, 0.25) is 0 Å². The Morgan fingerprint density at radius 3 is 2.39 bits per heavy atom. The molecule has 2 aliphatic heterocycles. The van der Waals surface area contributed by atoms with Crippen LogP contribution in [0.5, 0.6) is 0 Å². The highest BCUT2D eigenvalue weighted by Gasteiger charge is 2.43. The van der Waals surface area contributed by atoms with Crippen LogP contribution in [0, 0.1) is 5.41 Å². The lowest BCUT2D eigenvalue weighted by Gasteiger charge is -2.38. The number of likely N-dealkylation sites (tertiary alicyclic amines) is 1. The van der Waals surface area contributed by atoms with Gasteiger partial charge in [0.2, 0.25) is 0 Å². The Morgan fingerprint density at radius 1 is 1.04 bits per heavy atom. The Labute approximate surface area is 187 Å². The molecule has 28 heavy (non-hydrogen) atoms. The summed E-state index contributed by atoms with van der Waals surface area (Å²) in [5.41, 5.74) is 1.99. The minimum atomic E-state index is 0. The van der Waals surface area contributed by atoms with Gasteiger partial charge in [-0.15, -0.1) is 24.0 Å². The van der Waals surface area contributed by atoms with Crippen molar-refractivity contribution in [2.45, 2.75) is 32.1 Å². The quantitative estimate of drug-likeness (QED) is 0.293. The zero-order valence-electron chi connectivity index (χ0n) is 17.3. The second-order valence-corrected chi connectivity index (χ2v) is 8.52. The summed E-state index contributed by atoms with van der Waals surface area (Å²) in [5.74, 6) is 1.12. The molecule has 0 aromatic heterocycles. The predicted octanol–water partition coefficient (Wildman–Crippen LogP) is 3.27. The fourth-order valence-electron chi connectivity index (χ4n) is 4.90. The lowest BCUT2D eigenvalue weighted by molar-refractivity contribution is 0.151. The Kier molecular flexibility index (Phi) is 7.85. The first kappa shape index (κ1) is 21.7. The lowest BCUT2D eigenvalue weighted by Crippen LogP contribution is -2.47. The molecule has 0 atom stereocenters. The third kappa shape index (κ3) is 5.12. The standard InChI is InChI=1S/C22H35N5.HI/c1-23-21(27-14-11-22(19-27)9-5-10-22)24-12-6-13-25-15-17-26(18-16-25)20-7-3-2-4-8-20;/h2-4,7-8H,5-6,9-19H2,1H3,(H,23,24);1H. The van der Waals surface area contributed by atoms with Gasteiger partial charge in [0.15, 0.2) is 5.96 Å². The first-order valence-electron chi connectivity index (χ1n) is 10.8. The Morgan fingerprint density at radius 2 is 1.79 bits per heavy atom. The number of anilines is 1. The van der Waals surface area contributed by atoms with Crippen LogP contribution in [-0.4, -0.2) is 75.2 Å². The van der Waals surface area contributed by atoms with Crippen molar-refractivity contribution in [3.8, 4) is 0 Å². The maximum absolute atomic E-state index is 4.53. The van der Waals surface area contributed by atoms with Gasteiger partial charge in [-0.3, -0.25) is 9.89 Å². The third-order valence-corrected chi connectivity index (χ3v) is 6.79. The first-order valence-corrected chi connectivity index (χ1v) is 10.8. The smallest absolute Gasteiger partial charge is 0.193 e. The van der Waals surface area contributed by atoms with Crippen LogP contribution in [0.1, 0.15) is 32.1 Å². The summed E-state index contributed by atoms with van der Waals surface area (Å²) in [6, 6.07) is 10.8. The molecule has 156 valence electrons. The third-order valence-electron chi connectivity index (χ3n) is 6.79. The molecule has 2 heterocycles. The number of hydrogen-bond acceptors (Lipinski definition) is 3. The molecule has 3 fully saturated rings. The number of nitrogens with one attached hydrogen (secondary N) is 1. The number of hydrogen-bond donors (Lipinski definition) is 1. The maximum atomic E-state index is 4.53. The van der Waals surface area contributed by atoms with Gasteiger partial charge in [-0.1, -0.05) is 24.6 Å².